The summed E-state index contributed by atoms with van der Waals surface area (Å²) in [6.07, 6.45) is 0. The Morgan fingerprint density at radius 1 is 1.56 bits per heavy atom. The summed E-state index contributed by atoms with van der Waals surface area (Å²) in [6.45, 7) is 0.963. The molecule has 1 rings (SSSR count). The lowest BCUT2D eigenvalue weighted by Crippen LogP contribution is -2.57. The first-order chi connectivity index (χ1) is 7.67. The lowest BCUT2D eigenvalue weighted by Gasteiger charge is -2.27. The molecule has 1 aliphatic heterocycles. The number of imide groups is 1. The number of hydrogen-bond donors (Lipinski definition) is 3. The molecule has 0 atom stereocenters. The van der Waals surface area contributed by atoms with Crippen LogP contribution in [-0.4, -0.2) is 56.0 Å². The molecule has 1 saturated heterocycles. The van der Waals surface area contributed by atoms with Crippen LogP contribution in [0.15, 0.2) is 4.99 Å². The van der Waals surface area contributed by atoms with Crippen LogP contribution in [-0.2, 0) is 14.3 Å². The van der Waals surface area contributed by atoms with Crippen molar-refractivity contribution in [3.63, 3.8) is 0 Å². The number of piperazine rings is 1. The molecule has 2 amide bonds. The van der Waals surface area contributed by atoms with Crippen molar-refractivity contribution in [3.05, 3.63) is 0 Å². The summed E-state index contributed by atoms with van der Waals surface area (Å²) in [7, 11) is 1.56. The van der Waals surface area contributed by atoms with Crippen LogP contribution in [0, 0.1) is 0 Å². The fourth-order valence-electron chi connectivity index (χ4n) is 1.27. The number of hydrazine groups is 1. The molecule has 0 aliphatic carbocycles. The van der Waals surface area contributed by atoms with Gasteiger partial charge in [0.1, 0.15) is 13.1 Å². The maximum absolute atomic E-state index is 11.1. The van der Waals surface area contributed by atoms with E-state index in [-0.39, 0.29) is 24.9 Å². The predicted molar refractivity (Wildman–Crippen MR) is 56.2 cm³/mol. The van der Waals surface area contributed by atoms with Crippen molar-refractivity contribution in [2.75, 3.05) is 33.4 Å². The number of hydrogen-bond acceptors (Lipinski definition) is 5. The molecule has 0 aromatic heterocycles. The molecule has 16 heavy (non-hydrogen) atoms. The number of amides is 2. The molecule has 1 heterocycles. The van der Waals surface area contributed by atoms with Gasteiger partial charge < -0.3 is 9.64 Å². The molecule has 1 fully saturated rings. The monoisotopic (exact) mass is 229 g/mol. The average molecular weight is 229 g/mol. The van der Waals surface area contributed by atoms with Gasteiger partial charge in [0, 0.05) is 7.11 Å². The van der Waals surface area contributed by atoms with Gasteiger partial charge in [0.05, 0.1) is 13.2 Å². The summed E-state index contributed by atoms with van der Waals surface area (Å²) in [5, 5.41) is 2.19. The summed E-state index contributed by atoms with van der Waals surface area (Å²) in [5.74, 6) is 4.84. The Labute approximate surface area is 92.8 Å². The smallest absolute Gasteiger partial charge is 0.246 e. The summed E-state index contributed by atoms with van der Waals surface area (Å²) in [5.41, 5.74) is 2.36. The molecule has 0 radical (unpaired) electrons. The Kier molecular flexibility index (Phi) is 4.67. The highest BCUT2D eigenvalue weighted by atomic mass is 16.5. The third kappa shape index (κ3) is 3.48. The van der Waals surface area contributed by atoms with Crippen molar-refractivity contribution in [1.29, 1.82) is 0 Å². The van der Waals surface area contributed by atoms with E-state index in [0.29, 0.717) is 19.1 Å². The number of carbonyl (C=O) groups excluding carboxylic acids is 2. The van der Waals surface area contributed by atoms with Gasteiger partial charge in [-0.15, -0.1) is 0 Å². The van der Waals surface area contributed by atoms with Crippen molar-refractivity contribution in [2.24, 2.45) is 10.8 Å². The molecular formula is C8H15N5O3. The van der Waals surface area contributed by atoms with Gasteiger partial charge in [-0.25, -0.2) is 10.8 Å². The predicted octanol–water partition coefficient (Wildman–Crippen LogP) is -2.59. The minimum atomic E-state index is -0.369. The first-order valence-corrected chi connectivity index (χ1v) is 4.75. The lowest BCUT2D eigenvalue weighted by molar-refractivity contribution is -0.134. The normalized spacial score (nSPS) is 17.4. The number of guanidine groups is 1. The molecule has 0 unspecified atom stereocenters. The first-order valence-electron chi connectivity index (χ1n) is 4.75. The molecule has 0 saturated carbocycles. The highest BCUT2D eigenvalue weighted by Crippen LogP contribution is 1.95. The van der Waals surface area contributed by atoms with Gasteiger partial charge in [0.25, 0.3) is 0 Å². The van der Waals surface area contributed by atoms with Crippen molar-refractivity contribution in [2.45, 2.75) is 0 Å². The van der Waals surface area contributed by atoms with Crippen LogP contribution in [0.2, 0.25) is 0 Å². The van der Waals surface area contributed by atoms with E-state index in [2.05, 4.69) is 15.7 Å². The molecule has 0 bridgehead atoms. The van der Waals surface area contributed by atoms with E-state index in [4.69, 9.17) is 10.6 Å². The number of aliphatic imine (C=N–C) groups is 1. The molecule has 8 heteroatoms. The van der Waals surface area contributed by atoms with Crippen molar-refractivity contribution in [3.8, 4) is 0 Å². The van der Waals surface area contributed by atoms with Gasteiger partial charge in [-0.2, -0.15) is 0 Å². The number of rotatable bonds is 3. The molecule has 0 spiro atoms. The first kappa shape index (κ1) is 12.4. The topological polar surface area (TPSA) is 109 Å². The molecule has 0 aromatic rings. The van der Waals surface area contributed by atoms with Gasteiger partial charge in [-0.05, 0) is 0 Å². The van der Waals surface area contributed by atoms with E-state index in [1.807, 2.05) is 0 Å². The number of nitrogens with zero attached hydrogens (tertiary/aromatic N) is 2. The summed E-state index contributed by atoms with van der Waals surface area (Å²) < 4.78 is 4.83. The fourth-order valence-corrected chi connectivity index (χ4v) is 1.27. The second-order valence-electron chi connectivity index (χ2n) is 3.17. The van der Waals surface area contributed by atoms with Gasteiger partial charge in [-0.1, -0.05) is 0 Å². The SMILES string of the molecule is COCCN=C(NN)N1CC(=O)NC(=O)C1. The second kappa shape index (κ2) is 6.03. The summed E-state index contributed by atoms with van der Waals surface area (Å²) in [6, 6.07) is 0. The Morgan fingerprint density at radius 3 is 2.69 bits per heavy atom. The van der Waals surface area contributed by atoms with Crippen LogP contribution in [0.4, 0.5) is 0 Å². The molecule has 1 aliphatic rings. The van der Waals surface area contributed by atoms with E-state index in [1.165, 1.54) is 4.90 Å². The molecule has 0 aromatic carbocycles. The van der Waals surface area contributed by atoms with Crippen molar-refractivity contribution < 1.29 is 14.3 Å². The number of methoxy groups -OCH3 is 1. The highest BCUT2D eigenvalue weighted by molar-refractivity contribution is 6.02. The molecule has 8 nitrogen and oxygen atoms in total. The van der Waals surface area contributed by atoms with E-state index in [0.717, 1.165) is 0 Å². The zero-order valence-corrected chi connectivity index (χ0v) is 9.02. The molecule has 4 N–H and O–H groups in total. The number of nitrogens with two attached hydrogens (primary N) is 1. The lowest BCUT2D eigenvalue weighted by atomic mass is 10.3. The summed E-state index contributed by atoms with van der Waals surface area (Å²) in [4.78, 5) is 27.8. The maximum Gasteiger partial charge on any atom is 0.246 e. The fraction of sp³-hybridized carbons (Fsp3) is 0.625. The maximum atomic E-state index is 11.1. The van der Waals surface area contributed by atoms with Gasteiger partial charge >= 0.3 is 0 Å². The molecule has 90 valence electrons. The minimum absolute atomic E-state index is 0.0573. The number of nitrogens with one attached hydrogen (secondary N) is 2. The quantitative estimate of drug-likeness (QED) is 0.122. The molecular weight excluding hydrogens is 214 g/mol. The Hall–Kier alpha value is -1.67. The van der Waals surface area contributed by atoms with Crippen LogP contribution in [0.25, 0.3) is 0 Å². The summed E-state index contributed by atoms with van der Waals surface area (Å²) >= 11 is 0. The van der Waals surface area contributed by atoms with Gasteiger partial charge in [-0.3, -0.25) is 20.3 Å². The highest BCUT2D eigenvalue weighted by Gasteiger charge is 2.24. The van der Waals surface area contributed by atoms with E-state index < -0.39 is 0 Å². The van der Waals surface area contributed by atoms with Crippen LogP contribution in [0.5, 0.6) is 0 Å². The zero-order chi connectivity index (χ0) is 12.0. The van der Waals surface area contributed by atoms with Crippen molar-refractivity contribution >= 4 is 17.8 Å². The van der Waals surface area contributed by atoms with Crippen LogP contribution >= 0.6 is 0 Å². The third-order valence-electron chi connectivity index (χ3n) is 1.93. The van der Waals surface area contributed by atoms with E-state index >= 15 is 0 Å². The zero-order valence-electron chi connectivity index (χ0n) is 9.02. The van der Waals surface area contributed by atoms with Crippen LogP contribution < -0.4 is 16.6 Å². The number of carbonyl (C=O) groups is 2. The van der Waals surface area contributed by atoms with Gasteiger partial charge in [0.15, 0.2) is 0 Å². The Bertz CT molecular complexity index is 288. The Balaban J connectivity index is 2.60. The second-order valence-corrected chi connectivity index (χ2v) is 3.17. The third-order valence-corrected chi connectivity index (χ3v) is 1.93. The van der Waals surface area contributed by atoms with E-state index in [9.17, 15) is 9.59 Å². The van der Waals surface area contributed by atoms with Crippen molar-refractivity contribution in [1.82, 2.24) is 15.6 Å². The minimum Gasteiger partial charge on any atom is -0.383 e. The average Bonchev–Trinajstić information content (AvgIpc) is 2.23. The largest absolute Gasteiger partial charge is 0.383 e. The Morgan fingerprint density at radius 2 is 2.19 bits per heavy atom. The van der Waals surface area contributed by atoms with E-state index in [1.54, 1.807) is 7.11 Å². The van der Waals surface area contributed by atoms with Crippen LogP contribution in [0.1, 0.15) is 0 Å². The van der Waals surface area contributed by atoms with Crippen LogP contribution in [0.3, 0.4) is 0 Å². The van der Waals surface area contributed by atoms with Gasteiger partial charge in [0.2, 0.25) is 17.8 Å². The number of ether oxygens (including phenoxy) is 1. The standard InChI is InChI=1S/C8H15N5O3/c1-16-3-2-10-8(12-9)13-4-6(14)11-7(15)5-13/h2-5,9H2,1H3,(H,10,12)(H,11,14,15).